The Kier molecular flexibility index (Phi) is 5.74. The van der Waals surface area contributed by atoms with Crippen LogP contribution >= 0.6 is 11.8 Å². The quantitative estimate of drug-likeness (QED) is 0.562. The smallest absolute Gasteiger partial charge is 0.410 e. The fraction of sp³-hybridized carbons (Fsp3) is 0.579. The minimum Gasteiger partial charge on any atom is -0.444 e. The number of carbonyl (C=O) groups excluding carboxylic acids is 1. The molecule has 1 aromatic carbocycles. The molecule has 0 aromatic heterocycles. The first-order chi connectivity index (χ1) is 12.7. The maximum absolute atomic E-state index is 12.2. The zero-order chi connectivity index (χ0) is 19.6. The number of nitro groups is 1. The molecule has 1 amide bonds. The third-order valence-corrected chi connectivity index (χ3v) is 6.06. The van der Waals surface area contributed by atoms with E-state index in [9.17, 15) is 14.9 Å². The molecule has 0 saturated carbocycles. The van der Waals surface area contributed by atoms with E-state index >= 15 is 0 Å². The number of carbonyl (C=O) groups is 1. The summed E-state index contributed by atoms with van der Waals surface area (Å²) in [4.78, 5) is 29.1. The Labute approximate surface area is 163 Å². The molecule has 146 valence electrons. The molecule has 1 aromatic rings. The number of likely N-dealkylation sites (tertiary alicyclic amines) is 1. The topological polar surface area (TPSA) is 85.0 Å². The van der Waals surface area contributed by atoms with Crippen molar-refractivity contribution in [1.82, 2.24) is 4.90 Å². The molecule has 1 atom stereocenters. The van der Waals surface area contributed by atoms with Crippen molar-refractivity contribution in [3.05, 3.63) is 39.9 Å². The minimum atomic E-state index is -0.475. The van der Waals surface area contributed by atoms with Gasteiger partial charge in [-0.1, -0.05) is 12.1 Å². The number of rotatable bonds is 3. The third-order valence-electron chi connectivity index (χ3n) is 4.65. The highest BCUT2D eigenvalue weighted by Gasteiger charge is 2.32. The van der Waals surface area contributed by atoms with Crippen LogP contribution in [0.4, 0.5) is 10.5 Å². The van der Waals surface area contributed by atoms with Crippen LogP contribution in [0.15, 0.2) is 29.3 Å². The molecule has 0 aliphatic carbocycles. The molecular formula is C19H25N3O4S. The average molecular weight is 391 g/mol. The Bertz CT molecular complexity index is 734. The molecule has 2 aliphatic heterocycles. The summed E-state index contributed by atoms with van der Waals surface area (Å²) in [5.74, 6) is 0.372. The Morgan fingerprint density at radius 3 is 2.44 bits per heavy atom. The Morgan fingerprint density at radius 1 is 1.26 bits per heavy atom. The highest BCUT2D eigenvalue weighted by Crippen LogP contribution is 2.40. The highest BCUT2D eigenvalue weighted by atomic mass is 32.2. The van der Waals surface area contributed by atoms with Crippen LogP contribution in [0.2, 0.25) is 0 Å². The van der Waals surface area contributed by atoms with Gasteiger partial charge in [0.2, 0.25) is 0 Å². The van der Waals surface area contributed by atoms with Crippen molar-refractivity contribution in [2.45, 2.75) is 44.5 Å². The summed E-state index contributed by atoms with van der Waals surface area (Å²) in [6, 6.07) is 6.74. The van der Waals surface area contributed by atoms with E-state index in [-0.39, 0.29) is 22.0 Å². The fourth-order valence-corrected chi connectivity index (χ4v) is 4.55. The second kappa shape index (κ2) is 7.88. The van der Waals surface area contributed by atoms with Gasteiger partial charge in [0, 0.05) is 31.1 Å². The molecule has 8 heteroatoms. The van der Waals surface area contributed by atoms with Crippen molar-refractivity contribution in [3.8, 4) is 0 Å². The lowest BCUT2D eigenvalue weighted by Crippen LogP contribution is -2.42. The molecule has 0 N–H and O–H groups in total. The zero-order valence-electron chi connectivity index (χ0n) is 15.9. The molecule has 1 fully saturated rings. The summed E-state index contributed by atoms with van der Waals surface area (Å²) in [6.07, 6.45) is 1.53. The van der Waals surface area contributed by atoms with E-state index in [1.54, 1.807) is 28.8 Å². The molecule has 1 unspecified atom stereocenters. The van der Waals surface area contributed by atoms with Gasteiger partial charge in [-0.25, -0.2) is 4.79 Å². The first-order valence-corrected chi connectivity index (χ1v) is 10.0. The Morgan fingerprint density at radius 2 is 1.89 bits per heavy atom. The van der Waals surface area contributed by atoms with Crippen LogP contribution in [0.25, 0.3) is 0 Å². The van der Waals surface area contributed by atoms with Gasteiger partial charge in [0.25, 0.3) is 5.69 Å². The van der Waals surface area contributed by atoms with Gasteiger partial charge in [0.05, 0.1) is 21.8 Å². The van der Waals surface area contributed by atoms with Crippen LogP contribution in [0.1, 0.15) is 44.4 Å². The Hall–Kier alpha value is -2.09. The second-order valence-corrected chi connectivity index (χ2v) is 9.10. The molecule has 0 bridgehead atoms. The van der Waals surface area contributed by atoms with Gasteiger partial charge < -0.3 is 9.64 Å². The van der Waals surface area contributed by atoms with Crippen molar-refractivity contribution < 1.29 is 14.5 Å². The first-order valence-electron chi connectivity index (χ1n) is 9.16. The van der Waals surface area contributed by atoms with Crippen molar-refractivity contribution in [1.29, 1.82) is 0 Å². The van der Waals surface area contributed by atoms with Crippen molar-refractivity contribution in [2.75, 3.05) is 19.6 Å². The van der Waals surface area contributed by atoms with Crippen LogP contribution in [0.3, 0.4) is 0 Å². The predicted octanol–water partition coefficient (Wildman–Crippen LogP) is 4.43. The summed E-state index contributed by atoms with van der Waals surface area (Å²) in [6.45, 7) is 7.69. The number of non-ortho nitro benzene ring substituents is 1. The van der Waals surface area contributed by atoms with Gasteiger partial charge in [0.15, 0.2) is 0 Å². The number of hydrogen-bond acceptors (Lipinski definition) is 6. The largest absolute Gasteiger partial charge is 0.444 e. The van der Waals surface area contributed by atoms with E-state index in [1.165, 1.54) is 0 Å². The lowest BCUT2D eigenvalue weighted by Gasteiger charge is -2.33. The summed E-state index contributed by atoms with van der Waals surface area (Å²) in [5.41, 5.74) is 0.699. The SMILES string of the molecule is CC(C)(C)OC(=O)N1CCC(C2=NCC(c3ccc([N+](=O)[O-])cc3)S2)CC1. The number of piperidine rings is 1. The van der Waals surface area contributed by atoms with Crippen LogP contribution < -0.4 is 0 Å². The van der Waals surface area contributed by atoms with Crippen molar-refractivity contribution in [3.63, 3.8) is 0 Å². The molecule has 0 spiro atoms. The summed E-state index contributed by atoms with van der Waals surface area (Å²) in [5, 5.41) is 12.1. The molecule has 27 heavy (non-hydrogen) atoms. The predicted molar refractivity (Wildman–Crippen MR) is 106 cm³/mol. The zero-order valence-corrected chi connectivity index (χ0v) is 16.7. The van der Waals surface area contributed by atoms with Gasteiger partial charge in [-0.15, -0.1) is 11.8 Å². The number of benzene rings is 1. The van der Waals surface area contributed by atoms with Crippen LogP contribution in [-0.4, -0.2) is 46.2 Å². The van der Waals surface area contributed by atoms with E-state index in [0.29, 0.717) is 25.6 Å². The number of ether oxygens (including phenoxy) is 1. The molecule has 7 nitrogen and oxygen atoms in total. The molecule has 2 heterocycles. The summed E-state index contributed by atoms with van der Waals surface area (Å²) in [7, 11) is 0. The highest BCUT2D eigenvalue weighted by molar-refractivity contribution is 8.14. The third kappa shape index (κ3) is 5.00. The summed E-state index contributed by atoms with van der Waals surface area (Å²) >= 11 is 1.75. The monoisotopic (exact) mass is 391 g/mol. The second-order valence-electron chi connectivity index (χ2n) is 7.88. The molecule has 1 saturated heterocycles. The van der Waals surface area contributed by atoms with Crippen molar-refractivity contribution >= 4 is 28.6 Å². The normalized spacial score (nSPS) is 21.1. The Balaban J connectivity index is 1.51. The van der Waals surface area contributed by atoms with E-state index in [2.05, 4.69) is 0 Å². The molecule has 2 aliphatic rings. The van der Waals surface area contributed by atoms with E-state index in [0.717, 1.165) is 23.4 Å². The average Bonchev–Trinajstić information content (AvgIpc) is 3.10. The van der Waals surface area contributed by atoms with Gasteiger partial charge >= 0.3 is 6.09 Å². The number of hydrogen-bond donors (Lipinski definition) is 0. The van der Waals surface area contributed by atoms with Crippen LogP contribution in [0.5, 0.6) is 0 Å². The minimum absolute atomic E-state index is 0.109. The standard InChI is InChI=1S/C19H25N3O4S/c1-19(2,3)26-18(23)21-10-8-14(9-11-21)17-20-12-16(27-17)13-4-6-15(7-5-13)22(24)25/h4-7,14,16H,8-12H2,1-3H3. The van der Waals surface area contributed by atoms with E-state index in [1.807, 2.05) is 32.9 Å². The van der Waals surface area contributed by atoms with Gasteiger partial charge in [0.1, 0.15) is 5.60 Å². The number of nitrogens with zero attached hydrogens (tertiary/aromatic N) is 3. The molecular weight excluding hydrogens is 366 g/mol. The first kappa shape index (κ1) is 19.7. The number of nitro benzene ring substituents is 1. The maximum atomic E-state index is 12.2. The molecule has 0 radical (unpaired) electrons. The number of thioether (sulfide) groups is 1. The van der Waals surface area contributed by atoms with Crippen molar-refractivity contribution in [2.24, 2.45) is 10.9 Å². The summed E-state index contributed by atoms with van der Waals surface area (Å²) < 4.78 is 5.44. The van der Waals surface area contributed by atoms with E-state index in [4.69, 9.17) is 9.73 Å². The fourth-order valence-electron chi connectivity index (χ4n) is 3.24. The number of amides is 1. The van der Waals surface area contributed by atoms with Crippen LogP contribution in [0, 0.1) is 16.0 Å². The molecule has 3 rings (SSSR count). The van der Waals surface area contributed by atoms with Gasteiger partial charge in [-0.2, -0.15) is 0 Å². The van der Waals surface area contributed by atoms with Gasteiger partial charge in [-0.05, 0) is 39.2 Å². The lowest BCUT2D eigenvalue weighted by molar-refractivity contribution is -0.384. The van der Waals surface area contributed by atoms with Crippen LogP contribution in [-0.2, 0) is 4.74 Å². The van der Waals surface area contributed by atoms with Gasteiger partial charge in [-0.3, -0.25) is 15.1 Å². The maximum Gasteiger partial charge on any atom is 0.410 e. The lowest BCUT2D eigenvalue weighted by atomic mass is 9.98. The van der Waals surface area contributed by atoms with E-state index < -0.39 is 5.60 Å². The number of aliphatic imine (C=N–C) groups is 1.